The predicted molar refractivity (Wildman–Crippen MR) is 32.8 cm³/mol. The van der Waals surface area contributed by atoms with Gasteiger partial charge in [-0.15, -0.1) is 0 Å². The summed E-state index contributed by atoms with van der Waals surface area (Å²) in [5.74, 6) is -1.62. The Hall–Kier alpha value is -0.991. The zero-order chi connectivity index (χ0) is 7.56. The molecule has 0 saturated carbocycles. The normalized spacial score (nSPS) is 8.36. The van der Waals surface area contributed by atoms with E-state index in [0.717, 1.165) is 0 Å². The van der Waals surface area contributed by atoms with Crippen molar-refractivity contribution in [3.8, 4) is 5.75 Å². The molecular weight excluding hydrogens is 196 g/mol. The molecule has 4 heteroatoms. The van der Waals surface area contributed by atoms with Crippen molar-refractivity contribution in [3.05, 3.63) is 29.8 Å². The molecule has 0 aliphatic heterocycles. The van der Waals surface area contributed by atoms with Crippen LogP contribution in [0.5, 0.6) is 5.75 Å². The molecule has 0 aliphatic rings. The Morgan fingerprint density at radius 1 is 1.36 bits per heavy atom. The van der Waals surface area contributed by atoms with Gasteiger partial charge in [0.15, 0.2) is 0 Å². The summed E-state index contributed by atoms with van der Waals surface area (Å²) in [5.41, 5.74) is -0.178. The fourth-order valence-corrected chi connectivity index (χ4v) is 0.643. The summed E-state index contributed by atoms with van der Waals surface area (Å²) in [6.07, 6.45) is 0. The molecule has 0 aromatic heterocycles. The zero-order valence-electron chi connectivity index (χ0n) is 5.37. The van der Waals surface area contributed by atoms with Gasteiger partial charge in [0.2, 0.25) is 0 Å². The van der Waals surface area contributed by atoms with Gasteiger partial charge in [-0.1, -0.05) is 23.9 Å². The molecule has 3 nitrogen and oxygen atoms in total. The monoisotopic (exact) mass is 200 g/mol. The minimum Gasteiger partial charge on any atom is -0.872 e. The van der Waals surface area contributed by atoms with E-state index in [2.05, 4.69) is 0 Å². The van der Waals surface area contributed by atoms with E-state index in [9.17, 15) is 9.90 Å². The molecule has 0 fully saturated rings. The van der Waals surface area contributed by atoms with Crippen LogP contribution >= 0.6 is 0 Å². The van der Waals surface area contributed by atoms with Gasteiger partial charge in [-0.05, 0) is 6.07 Å². The van der Waals surface area contributed by atoms with Gasteiger partial charge in [-0.25, -0.2) is 4.79 Å². The molecule has 0 bridgehead atoms. The second-order valence-electron chi connectivity index (χ2n) is 1.80. The number of carboxylic acids is 1. The Morgan fingerprint density at radius 3 is 2.27 bits per heavy atom. The van der Waals surface area contributed by atoms with Gasteiger partial charge < -0.3 is 10.2 Å². The Morgan fingerprint density at radius 2 is 1.91 bits per heavy atom. The fraction of sp³-hybridized carbons (Fsp3) is 0. The number of benzene rings is 1. The van der Waals surface area contributed by atoms with Gasteiger partial charge in [0.1, 0.15) is 0 Å². The first-order valence-corrected chi connectivity index (χ1v) is 2.71. The summed E-state index contributed by atoms with van der Waals surface area (Å²) < 4.78 is 0. The summed E-state index contributed by atoms with van der Waals surface area (Å²) in [4.78, 5) is 10.2. The van der Waals surface area contributed by atoms with Crippen molar-refractivity contribution in [3.63, 3.8) is 0 Å². The molecule has 0 unspecified atom stereocenters. The average molecular weight is 201 g/mol. The third-order valence-electron chi connectivity index (χ3n) is 1.12. The van der Waals surface area contributed by atoms with Crippen molar-refractivity contribution in [2.75, 3.05) is 0 Å². The van der Waals surface area contributed by atoms with Crippen LogP contribution in [-0.2, 0) is 17.1 Å². The fourth-order valence-electron chi connectivity index (χ4n) is 0.643. The largest absolute Gasteiger partial charge is 1.00 e. The average Bonchev–Trinajstić information content (AvgIpc) is 1.88. The second-order valence-corrected chi connectivity index (χ2v) is 1.80. The smallest absolute Gasteiger partial charge is 0.872 e. The van der Waals surface area contributed by atoms with E-state index in [4.69, 9.17) is 5.11 Å². The van der Waals surface area contributed by atoms with Crippen LogP contribution in [0.4, 0.5) is 0 Å². The SMILES string of the molecule is O=C(O)c1ccccc1[O-].[Cu+]. The van der Waals surface area contributed by atoms with Crippen molar-refractivity contribution in [1.82, 2.24) is 0 Å². The number of para-hydroxylation sites is 1. The van der Waals surface area contributed by atoms with Crippen LogP contribution in [0.15, 0.2) is 24.3 Å². The molecule has 0 radical (unpaired) electrons. The molecule has 0 atom stereocenters. The number of carbonyl (C=O) groups is 1. The van der Waals surface area contributed by atoms with E-state index < -0.39 is 11.7 Å². The predicted octanol–water partition coefficient (Wildman–Crippen LogP) is 0.456. The number of rotatable bonds is 1. The van der Waals surface area contributed by atoms with E-state index >= 15 is 0 Å². The van der Waals surface area contributed by atoms with E-state index in [-0.39, 0.29) is 22.6 Å². The van der Waals surface area contributed by atoms with E-state index in [1.807, 2.05) is 0 Å². The Labute approximate surface area is 74.1 Å². The molecule has 0 amide bonds. The van der Waals surface area contributed by atoms with Crippen molar-refractivity contribution < 1.29 is 32.1 Å². The summed E-state index contributed by atoms with van der Waals surface area (Å²) in [6.45, 7) is 0. The van der Waals surface area contributed by atoms with Gasteiger partial charge in [0, 0.05) is 0 Å². The molecule has 1 aromatic rings. The zero-order valence-corrected chi connectivity index (χ0v) is 6.32. The summed E-state index contributed by atoms with van der Waals surface area (Å²) >= 11 is 0. The van der Waals surface area contributed by atoms with Gasteiger partial charge in [0.25, 0.3) is 0 Å². The summed E-state index contributed by atoms with van der Waals surface area (Å²) in [5, 5.41) is 19.0. The van der Waals surface area contributed by atoms with Crippen molar-refractivity contribution in [1.29, 1.82) is 0 Å². The molecule has 1 rings (SSSR count). The first kappa shape index (κ1) is 10.0. The molecule has 0 heterocycles. The van der Waals surface area contributed by atoms with Crippen LogP contribution < -0.4 is 5.11 Å². The van der Waals surface area contributed by atoms with E-state index in [0.29, 0.717) is 0 Å². The topological polar surface area (TPSA) is 60.4 Å². The van der Waals surface area contributed by atoms with Crippen LogP contribution in [-0.4, -0.2) is 11.1 Å². The molecule has 0 saturated heterocycles. The van der Waals surface area contributed by atoms with Crippen molar-refractivity contribution >= 4 is 5.97 Å². The second kappa shape index (κ2) is 4.01. The number of carboxylic acid groups (broad SMARTS) is 1. The third kappa shape index (κ3) is 2.26. The molecule has 1 aromatic carbocycles. The maximum atomic E-state index is 10.7. The molecule has 11 heavy (non-hydrogen) atoms. The standard InChI is InChI=1S/C7H6O3.Cu/c8-6-4-2-1-3-5(6)7(9)10;/h1-4,8H,(H,9,10);/q;+1/p-1. The van der Waals surface area contributed by atoms with Crippen LogP contribution in [0.1, 0.15) is 10.4 Å². The van der Waals surface area contributed by atoms with E-state index in [1.54, 1.807) is 0 Å². The van der Waals surface area contributed by atoms with Gasteiger partial charge >= 0.3 is 23.0 Å². The van der Waals surface area contributed by atoms with Crippen LogP contribution in [0.2, 0.25) is 0 Å². The first-order valence-electron chi connectivity index (χ1n) is 2.71. The van der Waals surface area contributed by atoms with Crippen LogP contribution in [0, 0.1) is 0 Å². The molecule has 0 aliphatic carbocycles. The number of aromatic carboxylic acids is 1. The minimum atomic E-state index is -1.18. The van der Waals surface area contributed by atoms with Gasteiger partial charge in [-0.2, -0.15) is 0 Å². The van der Waals surface area contributed by atoms with Crippen LogP contribution in [0.3, 0.4) is 0 Å². The Bertz CT molecular complexity index is 260. The first-order chi connectivity index (χ1) is 4.72. The number of hydrogen-bond donors (Lipinski definition) is 1. The minimum absolute atomic E-state index is 0. The Kier molecular flexibility index (Phi) is 3.65. The van der Waals surface area contributed by atoms with Crippen molar-refractivity contribution in [2.45, 2.75) is 0 Å². The van der Waals surface area contributed by atoms with E-state index in [1.165, 1.54) is 24.3 Å². The third-order valence-corrected chi connectivity index (χ3v) is 1.12. The summed E-state index contributed by atoms with van der Waals surface area (Å²) in [7, 11) is 0. The number of hydrogen-bond acceptors (Lipinski definition) is 2. The van der Waals surface area contributed by atoms with Gasteiger partial charge in [0.05, 0.1) is 5.56 Å². The van der Waals surface area contributed by atoms with Gasteiger partial charge in [-0.3, -0.25) is 0 Å². The maximum absolute atomic E-state index is 10.7. The maximum Gasteiger partial charge on any atom is 1.00 e. The molecule has 62 valence electrons. The van der Waals surface area contributed by atoms with Crippen molar-refractivity contribution in [2.24, 2.45) is 0 Å². The Balaban J connectivity index is 0.000001000. The summed E-state index contributed by atoms with van der Waals surface area (Å²) in [6, 6.07) is 5.54. The molecule has 1 N–H and O–H groups in total. The van der Waals surface area contributed by atoms with Crippen LogP contribution in [0.25, 0.3) is 0 Å². The molecular formula is C7H5CuO3. The molecule has 0 spiro atoms. The quantitative estimate of drug-likeness (QED) is 0.670.